The van der Waals surface area contributed by atoms with Gasteiger partial charge < -0.3 is 9.47 Å². The number of aromatic nitrogens is 6. The molecule has 1 aliphatic rings. The van der Waals surface area contributed by atoms with E-state index in [1.807, 2.05) is 65.2 Å². The third-order valence-corrected chi connectivity index (χ3v) is 7.02. The van der Waals surface area contributed by atoms with Gasteiger partial charge in [-0.05, 0) is 24.5 Å². The normalized spacial score (nSPS) is 14.3. The Hall–Kier alpha value is -4.51. The molecule has 0 N–H and O–H groups in total. The van der Waals surface area contributed by atoms with E-state index in [2.05, 4.69) is 44.3 Å². The van der Waals surface area contributed by atoms with Gasteiger partial charge in [0.1, 0.15) is 23.7 Å². The third-order valence-electron chi connectivity index (χ3n) is 7.02. The van der Waals surface area contributed by atoms with Gasteiger partial charge in [-0.25, -0.2) is 0 Å². The van der Waals surface area contributed by atoms with E-state index in [1.54, 1.807) is 6.33 Å². The number of nitrogens with zero attached hydrogens (tertiary/aromatic N) is 8. The Bertz CT molecular complexity index is 1550. The fourth-order valence-electron chi connectivity index (χ4n) is 5.26. The van der Waals surface area contributed by atoms with Crippen molar-refractivity contribution in [2.45, 2.75) is 25.3 Å². The van der Waals surface area contributed by atoms with E-state index in [9.17, 15) is 5.26 Å². The summed E-state index contributed by atoms with van der Waals surface area (Å²) >= 11 is 0. The van der Waals surface area contributed by atoms with Crippen molar-refractivity contribution in [1.82, 2.24) is 29.5 Å². The molecule has 1 fully saturated rings. The van der Waals surface area contributed by atoms with E-state index in [0.29, 0.717) is 18.0 Å². The number of fused-ring (bicyclic) bond motifs is 1. The van der Waals surface area contributed by atoms with Crippen molar-refractivity contribution in [3.05, 3.63) is 90.4 Å². The molecule has 36 heavy (non-hydrogen) atoms. The average molecular weight is 475 g/mol. The van der Waals surface area contributed by atoms with Crippen LogP contribution in [-0.2, 0) is 13.6 Å². The molecule has 8 heteroatoms. The maximum absolute atomic E-state index is 10.0. The molecule has 0 atom stereocenters. The number of nitriles is 1. The second kappa shape index (κ2) is 9.27. The first kappa shape index (κ1) is 22.0. The van der Waals surface area contributed by atoms with Gasteiger partial charge in [-0.3, -0.25) is 9.67 Å². The Morgan fingerprint density at radius 1 is 1.00 bits per heavy atom. The second-order valence-electron chi connectivity index (χ2n) is 9.31. The molecule has 1 saturated heterocycles. The maximum Gasteiger partial charge on any atom is 0.135 e. The number of piperidine rings is 1. The van der Waals surface area contributed by atoms with Crippen LogP contribution in [-0.4, -0.2) is 42.6 Å². The van der Waals surface area contributed by atoms with Crippen LogP contribution in [0.4, 0.5) is 5.69 Å². The molecule has 6 rings (SSSR count). The van der Waals surface area contributed by atoms with Gasteiger partial charge in [-0.1, -0.05) is 42.5 Å². The van der Waals surface area contributed by atoms with E-state index in [-0.39, 0.29) is 0 Å². The molecule has 178 valence electrons. The van der Waals surface area contributed by atoms with Gasteiger partial charge in [0.2, 0.25) is 0 Å². The van der Waals surface area contributed by atoms with E-state index in [4.69, 9.17) is 5.10 Å². The maximum atomic E-state index is 10.0. The summed E-state index contributed by atoms with van der Waals surface area (Å²) in [6, 6.07) is 18.7. The number of benzene rings is 2. The van der Waals surface area contributed by atoms with Crippen LogP contribution < -0.4 is 4.90 Å². The fourth-order valence-corrected chi connectivity index (χ4v) is 5.26. The Morgan fingerprint density at radius 3 is 2.58 bits per heavy atom. The smallest absolute Gasteiger partial charge is 0.135 e. The predicted octanol–water partition coefficient (Wildman–Crippen LogP) is 4.53. The first-order valence-electron chi connectivity index (χ1n) is 12.2. The first-order valence-corrected chi connectivity index (χ1v) is 12.2. The highest BCUT2D eigenvalue weighted by Gasteiger charge is 2.27. The van der Waals surface area contributed by atoms with Crippen LogP contribution in [0.15, 0.2) is 73.4 Å². The van der Waals surface area contributed by atoms with Gasteiger partial charge in [0.25, 0.3) is 0 Å². The van der Waals surface area contributed by atoms with Crippen LogP contribution in [0.25, 0.3) is 22.0 Å². The van der Waals surface area contributed by atoms with E-state index < -0.39 is 0 Å². The molecule has 1 aliphatic heterocycles. The van der Waals surface area contributed by atoms with Crippen LogP contribution >= 0.6 is 0 Å². The van der Waals surface area contributed by atoms with E-state index in [1.165, 1.54) is 5.56 Å². The number of aryl methyl sites for hydroxylation is 1. The number of hydrogen-bond acceptors (Lipinski definition) is 6. The molecule has 0 radical (unpaired) electrons. The summed E-state index contributed by atoms with van der Waals surface area (Å²) in [7, 11) is 2.00. The lowest BCUT2D eigenvalue weighted by Gasteiger charge is -2.35. The third kappa shape index (κ3) is 3.99. The first-order chi connectivity index (χ1) is 17.7. The van der Waals surface area contributed by atoms with Gasteiger partial charge in [0, 0.05) is 61.2 Å². The quantitative estimate of drug-likeness (QED) is 0.372. The zero-order chi connectivity index (χ0) is 24.5. The van der Waals surface area contributed by atoms with Crippen molar-refractivity contribution in [3.63, 3.8) is 0 Å². The molecule has 8 nitrogen and oxygen atoms in total. The molecular formula is C28H26N8. The molecule has 3 aromatic heterocycles. The molecule has 0 spiro atoms. The fraction of sp³-hybridized carbons (Fsp3) is 0.250. The Labute approximate surface area is 209 Å². The number of para-hydroxylation sites is 1. The Morgan fingerprint density at radius 2 is 1.83 bits per heavy atom. The SMILES string of the molecule is Cn1cnnc1C1CCN(c2c(C#N)cccc2-c2cncc3cn(Cc4ccccc4)nc23)CC1. The molecule has 2 aromatic carbocycles. The van der Waals surface area contributed by atoms with Crippen LogP contribution in [0.5, 0.6) is 0 Å². The Balaban J connectivity index is 1.36. The summed E-state index contributed by atoms with van der Waals surface area (Å²) in [5, 5.41) is 24.3. The van der Waals surface area contributed by atoms with Crippen molar-refractivity contribution >= 4 is 16.6 Å². The lowest BCUT2D eigenvalue weighted by molar-refractivity contribution is 0.474. The molecule has 5 aromatic rings. The summed E-state index contributed by atoms with van der Waals surface area (Å²) < 4.78 is 3.97. The van der Waals surface area contributed by atoms with Gasteiger partial charge in [-0.2, -0.15) is 10.4 Å². The number of hydrogen-bond donors (Lipinski definition) is 0. The van der Waals surface area contributed by atoms with Crippen molar-refractivity contribution < 1.29 is 0 Å². The summed E-state index contributed by atoms with van der Waals surface area (Å²) in [5.74, 6) is 1.39. The van der Waals surface area contributed by atoms with Gasteiger partial charge in [0.05, 0.1) is 17.8 Å². The minimum atomic E-state index is 0.366. The van der Waals surface area contributed by atoms with Crippen molar-refractivity contribution in [2.75, 3.05) is 18.0 Å². The number of rotatable bonds is 5. The number of pyridine rings is 1. The minimum Gasteiger partial charge on any atom is -0.370 e. The Kier molecular flexibility index (Phi) is 5.66. The molecule has 0 saturated carbocycles. The van der Waals surface area contributed by atoms with Crippen LogP contribution in [0, 0.1) is 11.3 Å². The number of anilines is 1. The zero-order valence-electron chi connectivity index (χ0n) is 20.1. The van der Waals surface area contributed by atoms with Crippen molar-refractivity contribution in [3.8, 4) is 17.2 Å². The highest BCUT2D eigenvalue weighted by atomic mass is 15.3. The second-order valence-corrected chi connectivity index (χ2v) is 9.31. The largest absolute Gasteiger partial charge is 0.370 e. The average Bonchev–Trinajstić information content (AvgIpc) is 3.54. The molecule has 4 heterocycles. The summed E-state index contributed by atoms with van der Waals surface area (Å²) in [6.07, 6.45) is 9.44. The minimum absolute atomic E-state index is 0.366. The van der Waals surface area contributed by atoms with Crippen LogP contribution in [0.1, 0.15) is 35.7 Å². The van der Waals surface area contributed by atoms with Crippen molar-refractivity contribution in [2.24, 2.45) is 7.05 Å². The monoisotopic (exact) mass is 474 g/mol. The van der Waals surface area contributed by atoms with Gasteiger partial charge >= 0.3 is 0 Å². The van der Waals surface area contributed by atoms with Gasteiger partial charge in [-0.15, -0.1) is 10.2 Å². The summed E-state index contributed by atoms with van der Waals surface area (Å²) in [4.78, 5) is 6.87. The van der Waals surface area contributed by atoms with Crippen LogP contribution in [0.3, 0.4) is 0 Å². The van der Waals surface area contributed by atoms with E-state index >= 15 is 0 Å². The summed E-state index contributed by atoms with van der Waals surface area (Å²) in [5.41, 5.74) is 5.66. The molecule has 0 amide bonds. The lowest BCUT2D eigenvalue weighted by Crippen LogP contribution is -2.34. The van der Waals surface area contributed by atoms with Crippen LogP contribution in [0.2, 0.25) is 0 Å². The lowest BCUT2D eigenvalue weighted by atomic mass is 9.93. The molecule has 0 bridgehead atoms. The standard InChI is InChI=1S/C28H26N8/c1-34-19-31-32-28(34)21-10-12-35(13-11-21)27-22(14-29)8-5-9-24(27)25-16-30-15-23-18-36(33-26(23)25)17-20-6-3-2-4-7-20/h2-9,15-16,18-19,21H,10-13,17H2,1H3. The zero-order valence-corrected chi connectivity index (χ0v) is 20.1. The molecule has 0 aliphatic carbocycles. The van der Waals surface area contributed by atoms with E-state index in [0.717, 1.165) is 59.5 Å². The highest BCUT2D eigenvalue weighted by molar-refractivity contribution is 5.97. The topological polar surface area (TPSA) is 88.5 Å². The predicted molar refractivity (Wildman–Crippen MR) is 138 cm³/mol. The summed E-state index contributed by atoms with van der Waals surface area (Å²) in [6.45, 7) is 2.37. The van der Waals surface area contributed by atoms with Crippen molar-refractivity contribution in [1.29, 1.82) is 5.26 Å². The van der Waals surface area contributed by atoms with Gasteiger partial charge in [0.15, 0.2) is 0 Å². The highest BCUT2D eigenvalue weighted by Crippen LogP contribution is 2.39. The molecule has 0 unspecified atom stereocenters. The molecular weight excluding hydrogens is 448 g/mol.